The molecule has 1 atom stereocenters. The van der Waals surface area contributed by atoms with Crippen LogP contribution in [0, 0.1) is 0 Å². The average Bonchev–Trinajstić information content (AvgIpc) is 2.89. The van der Waals surface area contributed by atoms with Gasteiger partial charge >= 0.3 is 0 Å². The van der Waals surface area contributed by atoms with Crippen LogP contribution in [0.1, 0.15) is 32.4 Å². The van der Waals surface area contributed by atoms with E-state index >= 15 is 0 Å². The number of ether oxygens (including phenoxy) is 1. The molecule has 1 N–H and O–H groups in total. The Morgan fingerprint density at radius 3 is 2.85 bits per heavy atom. The van der Waals surface area contributed by atoms with E-state index in [4.69, 9.17) is 4.74 Å². The lowest BCUT2D eigenvalue weighted by molar-refractivity contribution is 0.462. The van der Waals surface area contributed by atoms with Crippen LogP contribution in [0.5, 0.6) is 11.5 Å². The quantitative estimate of drug-likeness (QED) is 0.861. The Labute approximate surface area is 128 Å². The highest BCUT2D eigenvalue weighted by atomic mass is 79.9. The van der Waals surface area contributed by atoms with Gasteiger partial charge in [0, 0.05) is 22.6 Å². The summed E-state index contributed by atoms with van der Waals surface area (Å²) in [5.74, 6) is 1.62. The first-order chi connectivity index (χ1) is 9.63. The molecule has 0 amide bonds. The monoisotopic (exact) mass is 337 g/mol. The Kier molecular flexibility index (Phi) is 5.20. The number of halogens is 1. The van der Waals surface area contributed by atoms with Crippen LogP contribution in [-0.4, -0.2) is 16.3 Å². The number of benzene rings is 1. The molecule has 1 unspecified atom stereocenters. The molecule has 1 aromatic carbocycles. The molecule has 0 spiro atoms. The molecule has 0 saturated carbocycles. The van der Waals surface area contributed by atoms with Crippen LogP contribution in [0.3, 0.4) is 0 Å². The molecule has 108 valence electrons. The van der Waals surface area contributed by atoms with E-state index in [1.807, 2.05) is 23.0 Å². The van der Waals surface area contributed by atoms with E-state index in [-0.39, 0.29) is 6.04 Å². The lowest BCUT2D eigenvalue weighted by atomic mass is 10.1. The zero-order valence-corrected chi connectivity index (χ0v) is 13.6. The van der Waals surface area contributed by atoms with E-state index in [2.05, 4.69) is 53.2 Å². The van der Waals surface area contributed by atoms with Crippen molar-refractivity contribution < 1.29 is 4.74 Å². The second-order valence-corrected chi connectivity index (χ2v) is 5.51. The second kappa shape index (κ2) is 6.90. The maximum atomic E-state index is 5.97. The van der Waals surface area contributed by atoms with Crippen molar-refractivity contribution in [3.8, 4) is 11.5 Å². The molecular formula is C15H20BrN3O. The van der Waals surface area contributed by atoms with Gasteiger partial charge in [-0.15, -0.1) is 0 Å². The van der Waals surface area contributed by atoms with Gasteiger partial charge in [-0.05, 0) is 38.6 Å². The number of aromatic nitrogens is 2. The summed E-state index contributed by atoms with van der Waals surface area (Å²) < 4.78 is 8.87. The molecule has 5 heteroatoms. The standard InChI is InChI=1S/C15H20BrN3O/c1-4-17-11(3)14-8-12(16)6-7-15(14)20-13-9-18-19(5-2)10-13/h6-11,17H,4-5H2,1-3H3. The SMILES string of the molecule is CCNC(C)c1cc(Br)ccc1Oc1cnn(CC)c1. The molecule has 20 heavy (non-hydrogen) atoms. The van der Waals surface area contributed by atoms with E-state index in [0.29, 0.717) is 0 Å². The molecule has 0 aliphatic carbocycles. The zero-order chi connectivity index (χ0) is 14.5. The van der Waals surface area contributed by atoms with Crippen molar-refractivity contribution in [2.45, 2.75) is 33.4 Å². The van der Waals surface area contributed by atoms with Gasteiger partial charge in [-0.1, -0.05) is 22.9 Å². The van der Waals surface area contributed by atoms with Gasteiger partial charge < -0.3 is 10.1 Å². The van der Waals surface area contributed by atoms with Gasteiger partial charge in [0.15, 0.2) is 5.75 Å². The number of nitrogens with zero attached hydrogens (tertiary/aromatic N) is 2. The fraction of sp³-hybridized carbons (Fsp3) is 0.400. The van der Waals surface area contributed by atoms with E-state index in [1.54, 1.807) is 6.20 Å². The summed E-state index contributed by atoms with van der Waals surface area (Å²) in [7, 11) is 0. The number of nitrogens with one attached hydrogen (secondary N) is 1. The Morgan fingerprint density at radius 1 is 1.40 bits per heavy atom. The van der Waals surface area contributed by atoms with Crippen molar-refractivity contribution in [3.63, 3.8) is 0 Å². The topological polar surface area (TPSA) is 39.1 Å². The molecule has 0 aliphatic heterocycles. The van der Waals surface area contributed by atoms with Gasteiger partial charge in [-0.2, -0.15) is 5.10 Å². The summed E-state index contributed by atoms with van der Waals surface area (Å²) in [6.45, 7) is 8.04. The van der Waals surface area contributed by atoms with Crippen LogP contribution >= 0.6 is 15.9 Å². The van der Waals surface area contributed by atoms with Crippen molar-refractivity contribution >= 4 is 15.9 Å². The van der Waals surface area contributed by atoms with Crippen molar-refractivity contribution in [1.29, 1.82) is 0 Å². The number of aryl methyl sites for hydroxylation is 1. The summed E-state index contributed by atoms with van der Waals surface area (Å²) in [5.41, 5.74) is 1.13. The van der Waals surface area contributed by atoms with Gasteiger partial charge in [0.25, 0.3) is 0 Å². The minimum atomic E-state index is 0.230. The second-order valence-electron chi connectivity index (χ2n) is 4.60. The van der Waals surface area contributed by atoms with Crippen LogP contribution in [0.2, 0.25) is 0 Å². The smallest absolute Gasteiger partial charge is 0.165 e. The predicted octanol–water partition coefficient (Wildman–Crippen LogP) is 4.13. The third kappa shape index (κ3) is 3.61. The van der Waals surface area contributed by atoms with E-state index in [0.717, 1.165) is 34.6 Å². The highest BCUT2D eigenvalue weighted by Crippen LogP contribution is 2.31. The molecule has 0 fully saturated rings. The largest absolute Gasteiger partial charge is 0.454 e. The molecule has 0 aliphatic rings. The summed E-state index contributed by atoms with van der Waals surface area (Å²) in [5, 5.41) is 7.64. The number of rotatable bonds is 6. The van der Waals surface area contributed by atoms with E-state index < -0.39 is 0 Å². The summed E-state index contributed by atoms with van der Waals surface area (Å²) in [4.78, 5) is 0. The fourth-order valence-electron chi connectivity index (χ4n) is 2.06. The molecular weight excluding hydrogens is 318 g/mol. The number of hydrogen-bond donors (Lipinski definition) is 1. The minimum Gasteiger partial charge on any atom is -0.454 e. The maximum Gasteiger partial charge on any atom is 0.165 e. The van der Waals surface area contributed by atoms with Crippen LogP contribution in [0.25, 0.3) is 0 Å². The van der Waals surface area contributed by atoms with Crippen LogP contribution < -0.4 is 10.1 Å². The number of hydrogen-bond acceptors (Lipinski definition) is 3. The van der Waals surface area contributed by atoms with Crippen molar-refractivity contribution in [2.75, 3.05) is 6.54 Å². The zero-order valence-electron chi connectivity index (χ0n) is 12.1. The van der Waals surface area contributed by atoms with Crippen molar-refractivity contribution in [1.82, 2.24) is 15.1 Å². The van der Waals surface area contributed by atoms with E-state index in [1.165, 1.54) is 0 Å². The van der Waals surface area contributed by atoms with Gasteiger partial charge in [0.05, 0.1) is 12.4 Å². The molecule has 1 heterocycles. The summed E-state index contributed by atoms with van der Waals surface area (Å²) in [6, 6.07) is 6.29. The maximum absolute atomic E-state index is 5.97. The lowest BCUT2D eigenvalue weighted by Gasteiger charge is -2.17. The Hall–Kier alpha value is -1.33. The molecule has 0 radical (unpaired) electrons. The van der Waals surface area contributed by atoms with Crippen LogP contribution in [0.4, 0.5) is 0 Å². The molecule has 0 saturated heterocycles. The Bertz CT molecular complexity index is 568. The molecule has 2 rings (SSSR count). The van der Waals surface area contributed by atoms with Crippen LogP contribution in [-0.2, 0) is 6.54 Å². The minimum absolute atomic E-state index is 0.230. The Balaban J connectivity index is 2.26. The fourth-order valence-corrected chi connectivity index (χ4v) is 2.44. The predicted molar refractivity (Wildman–Crippen MR) is 84.2 cm³/mol. The molecule has 4 nitrogen and oxygen atoms in total. The van der Waals surface area contributed by atoms with Gasteiger partial charge in [-0.25, -0.2) is 0 Å². The van der Waals surface area contributed by atoms with Gasteiger partial charge in [0.2, 0.25) is 0 Å². The third-order valence-electron chi connectivity index (χ3n) is 3.11. The summed E-state index contributed by atoms with van der Waals surface area (Å²) in [6.07, 6.45) is 3.65. The average molecular weight is 338 g/mol. The highest BCUT2D eigenvalue weighted by Gasteiger charge is 2.13. The molecule has 1 aromatic heterocycles. The van der Waals surface area contributed by atoms with Crippen LogP contribution in [0.15, 0.2) is 35.1 Å². The third-order valence-corrected chi connectivity index (χ3v) is 3.60. The van der Waals surface area contributed by atoms with Crippen molar-refractivity contribution in [2.24, 2.45) is 0 Å². The lowest BCUT2D eigenvalue weighted by Crippen LogP contribution is -2.18. The molecule has 0 bridgehead atoms. The first kappa shape index (κ1) is 15.1. The first-order valence-electron chi connectivity index (χ1n) is 6.87. The highest BCUT2D eigenvalue weighted by molar-refractivity contribution is 9.10. The van der Waals surface area contributed by atoms with Gasteiger partial charge in [-0.3, -0.25) is 4.68 Å². The van der Waals surface area contributed by atoms with Gasteiger partial charge in [0.1, 0.15) is 5.75 Å². The normalized spacial score (nSPS) is 12.4. The van der Waals surface area contributed by atoms with E-state index in [9.17, 15) is 0 Å². The molecule has 2 aromatic rings. The first-order valence-corrected chi connectivity index (χ1v) is 7.66. The Morgan fingerprint density at radius 2 is 2.20 bits per heavy atom. The summed E-state index contributed by atoms with van der Waals surface area (Å²) >= 11 is 3.52. The van der Waals surface area contributed by atoms with Crippen molar-refractivity contribution in [3.05, 3.63) is 40.6 Å².